The number of allylic oxidation sites excluding steroid dienone is 1. The van der Waals surface area contributed by atoms with E-state index in [-0.39, 0.29) is 28.6 Å². The van der Waals surface area contributed by atoms with E-state index in [1.165, 1.54) is 16.7 Å². The zero-order valence-corrected chi connectivity index (χ0v) is 27.0. The van der Waals surface area contributed by atoms with E-state index in [9.17, 15) is 9.00 Å². The second kappa shape index (κ2) is 10.8. The summed E-state index contributed by atoms with van der Waals surface area (Å²) in [6.45, 7) is 6.31. The van der Waals surface area contributed by atoms with Crippen LogP contribution in [0.3, 0.4) is 0 Å². The highest BCUT2D eigenvalue weighted by Gasteiger charge is 2.46. The molecule has 0 aromatic heterocycles. The van der Waals surface area contributed by atoms with Gasteiger partial charge in [-0.05, 0) is 122 Å². The Morgan fingerprint density at radius 3 is 2.74 bits per heavy atom. The lowest BCUT2D eigenvalue weighted by Gasteiger charge is -2.48. The molecule has 3 aliphatic heterocycles. The third-order valence-electron chi connectivity index (χ3n) is 11.4. The number of fused-ring (bicyclic) bond motifs is 6. The summed E-state index contributed by atoms with van der Waals surface area (Å²) in [5.74, 6) is 5.82. The van der Waals surface area contributed by atoms with Gasteiger partial charge in [0.15, 0.2) is 0 Å². The smallest absolute Gasteiger partial charge is 0.262 e. The molecule has 6 aliphatic rings. The number of aryl methyl sites for hydroxylation is 1. The number of carbonyl (C=O) groups is 1. The number of nitrogens with one attached hydrogen (secondary N) is 1. The fourth-order valence-corrected chi connectivity index (χ4v) is 10.1. The minimum absolute atomic E-state index is 0.106. The van der Waals surface area contributed by atoms with Crippen LogP contribution in [0, 0.1) is 23.7 Å². The van der Waals surface area contributed by atoms with E-state index in [0.29, 0.717) is 29.9 Å². The van der Waals surface area contributed by atoms with E-state index in [0.717, 1.165) is 68.1 Å². The number of halogens is 1. The molecule has 8 heteroatoms. The summed E-state index contributed by atoms with van der Waals surface area (Å²) < 4.78 is 29.5. The minimum Gasteiger partial charge on any atom is -0.490 e. The Bertz CT molecular complexity index is 1590. The van der Waals surface area contributed by atoms with Crippen LogP contribution in [0.4, 0.5) is 5.69 Å². The molecule has 1 spiro atoms. The van der Waals surface area contributed by atoms with Crippen LogP contribution in [0.1, 0.15) is 67.4 Å². The predicted octanol–water partition coefficient (Wildman–Crippen LogP) is 6.20. The Morgan fingerprint density at radius 1 is 1.19 bits per heavy atom. The first kappa shape index (κ1) is 29.2. The van der Waals surface area contributed by atoms with Gasteiger partial charge in [0.1, 0.15) is 5.75 Å². The number of ether oxygens (including phenoxy) is 2. The van der Waals surface area contributed by atoms with Crippen molar-refractivity contribution in [2.45, 2.75) is 69.1 Å². The first-order valence-electron chi connectivity index (χ1n) is 15.8. The highest BCUT2D eigenvalue weighted by molar-refractivity contribution is 7.99. The number of amides is 1. The Balaban J connectivity index is 1.32. The summed E-state index contributed by atoms with van der Waals surface area (Å²) >= 11 is 6.44. The number of methoxy groups -OCH3 is 1. The molecule has 3 heterocycles. The van der Waals surface area contributed by atoms with Crippen LogP contribution in [-0.2, 0) is 26.3 Å². The van der Waals surface area contributed by atoms with Crippen LogP contribution in [0.2, 0.25) is 5.02 Å². The second-order valence-electron chi connectivity index (χ2n) is 13.8. The summed E-state index contributed by atoms with van der Waals surface area (Å²) in [4.78, 5) is 16.1. The summed E-state index contributed by atoms with van der Waals surface area (Å²) in [7, 11) is -1.04. The lowest BCUT2D eigenvalue weighted by molar-refractivity contribution is -0.000482. The van der Waals surface area contributed by atoms with E-state index in [1.807, 2.05) is 32.2 Å². The topological polar surface area (TPSA) is 67.9 Å². The molecule has 230 valence electrons. The standard InChI is InChI=1S/C35H43ClN2O4S/c1-21-22(2)43(4,40)37-34(39)24-8-12-32-31(17-24)38(18-25-7-10-29(25)33(41-3)27-14-26(21)15-27)19-35(20-42-32)13-5-6-23-16-28(36)9-11-30(23)35/h8-9,11-12,14,16-17,21-22,25-26,29,33H,4-7,10,13,15,18-20H2,1-3H3,(H,37,39,40)/t21-,22-,25+,26+,29-,33+,35+,43?/m1/s1. The van der Waals surface area contributed by atoms with Crippen LogP contribution in [-0.4, -0.2) is 54.1 Å². The average molecular weight is 623 g/mol. The first-order valence-corrected chi connectivity index (χ1v) is 18.0. The zero-order valence-electron chi connectivity index (χ0n) is 25.4. The highest BCUT2D eigenvalue weighted by atomic mass is 35.5. The van der Waals surface area contributed by atoms with Crippen LogP contribution in [0.5, 0.6) is 5.75 Å². The van der Waals surface area contributed by atoms with Crippen molar-refractivity contribution in [3.63, 3.8) is 0 Å². The average Bonchev–Trinajstić information content (AvgIpc) is 3.09. The van der Waals surface area contributed by atoms with E-state index < -0.39 is 9.71 Å². The molecule has 0 radical (unpaired) electrons. The maximum atomic E-state index is 13.8. The molecule has 1 unspecified atom stereocenters. The maximum absolute atomic E-state index is 13.8. The lowest BCUT2D eigenvalue weighted by Crippen LogP contribution is -2.50. The Labute approximate surface area is 261 Å². The Morgan fingerprint density at radius 2 is 2.00 bits per heavy atom. The fraction of sp³-hybridized carbons (Fsp3) is 0.543. The normalized spacial score (nSPS) is 37.0. The largest absolute Gasteiger partial charge is 0.490 e. The molecule has 3 aliphatic carbocycles. The van der Waals surface area contributed by atoms with Gasteiger partial charge in [0, 0.05) is 41.5 Å². The second-order valence-corrected chi connectivity index (χ2v) is 16.6. The van der Waals surface area contributed by atoms with E-state index in [4.69, 9.17) is 21.1 Å². The van der Waals surface area contributed by atoms with Gasteiger partial charge in [-0.1, -0.05) is 30.7 Å². The van der Waals surface area contributed by atoms with Crippen molar-refractivity contribution in [1.82, 2.24) is 4.72 Å². The van der Waals surface area contributed by atoms with Gasteiger partial charge < -0.3 is 14.4 Å². The van der Waals surface area contributed by atoms with E-state index in [1.54, 1.807) is 6.07 Å². The highest BCUT2D eigenvalue weighted by Crippen LogP contribution is 2.49. The first-order chi connectivity index (χ1) is 20.6. The van der Waals surface area contributed by atoms with Crippen LogP contribution >= 0.6 is 11.6 Å². The summed E-state index contributed by atoms with van der Waals surface area (Å²) in [6.07, 6.45) is 8.83. The van der Waals surface area contributed by atoms with Crippen molar-refractivity contribution in [1.29, 1.82) is 0 Å². The summed E-state index contributed by atoms with van der Waals surface area (Å²) in [5, 5.41) is 0.500. The number of benzene rings is 2. The zero-order chi connectivity index (χ0) is 30.1. The molecule has 6 nitrogen and oxygen atoms in total. The third-order valence-corrected chi connectivity index (χ3v) is 13.8. The fourth-order valence-electron chi connectivity index (χ4n) is 8.43. The van der Waals surface area contributed by atoms with Crippen molar-refractivity contribution in [2.24, 2.45) is 23.7 Å². The molecule has 0 saturated heterocycles. The number of anilines is 1. The predicted molar refractivity (Wildman–Crippen MR) is 175 cm³/mol. The van der Waals surface area contributed by atoms with Crippen molar-refractivity contribution in [3.8, 4) is 5.75 Å². The van der Waals surface area contributed by atoms with Crippen molar-refractivity contribution < 1.29 is 18.5 Å². The van der Waals surface area contributed by atoms with Crippen molar-refractivity contribution >= 4 is 38.8 Å². The molecule has 8 rings (SSSR count). The lowest BCUT2D eigenvalue weighted by atomic mass is 9.64. The molecule has 1 saturated carbocycles. The molecule has 2 aromatic rings. The number of hydrogen-bond acceptors (Lipinski definition) is 5. The van der Waals surface area contributed by atoms with Gasteiger partial charge in [0.05, 0.1) is 28.1 Å². The van der Waals surface area contributed by atoms with Gasteiger partial charge in [0.25, 0.3) is 5.91 Å². The molecule has 2 aromatic carbocycles. The quantitative estimate of drug-likeness (QED) is 0.303. The van der Waals surface area contributed by atoms with Crippen LogP contribution in [0.25, 0.3) is 0 Å². The van der Waals surface area contributed by atoms with Gasteiger partial charge in [-0.25, -0.2) is 4.21 Å². The number of rotatable bonds is 1. The number of carbonyl (C=O) groups excluding carboxylic acids is 1. The third kappa shape index (κ3) is 5.00. The van der Waals surface area contributed by atoms with Crippen LogP contribution in [0.15, 0.2) is 48.0 Å². The molecule has 1 N–H and O–H groups in total. The number of nitrogens with zero attached hydrogens (tertiary/aromatic N) is 1. The minimum atomic E-state index is -2.89. The molecule has 1 amide bonds. The molecule has 43 heavy (non-hydrogen) atoms. The van der Waals surface area contributed by atoms with Crippen molar-refractivity contribution in [3.05, 3.63) is 69.8 Å². The molecular formula is C35H43ClN2O4S. The maximum Gasteiger partial charge on any atom is 0.262 e. The van der Waals surface area contributed by atoms with E-state index in [2.05, 4.69) is 40.6 Å². The molecule has 8 atom stereocenters. The van der Waals surface area contributed by atoms with Gasteiger partial charge in [-0.2, -0.15) is 0 Å². The van der Waals surface area contributed by atoms with Gasteiger partial charge in [-0.15, -0.1) is 0 Å². The van der Waals surface area contributed by atoms with E-state index >= 15 is 0 Å². The Hall–Kier alpha value is -2.48. The summed E-state index contributed by atoms with van der Waals surface area (Å²) in [5.41, 5.74) is 5.22. The van der Waals surface area contributed by atoms with Gasteiger partial charge in [0.2, 0.25) is 0 Å². The van der Waals surface area contributed by atoms with Gasteiger partial charge >= 0.3 is 0 Å². The van der Waals surface area contributed by atoms with Crippen molar-refractivity contribution in [2.75, 3.05) is 31.7 Å². The molecule has 1 fully saturated rings. The molecule has 4 bridgehead atoms. The monoisotopic (exact) mass is 622 g/mol. The molecular weight excluding hydrogens is 580 g/mol. The van der Waals surface area contributed by atoms with Gasteiger partial charge in [-0.3, -0.25) is 9.52 Å². The van der Waals surface area contributed by atoms with Crippen LogP contribution < -0.4 is 14.4 Å². The number of hydrogen-bond donors (Lipinski definition) is 1. The summed E-state index contributed by atoms with van der Waals surface area (Å²) in [6, 6.07) is 12.0. The SMILES string of the molecule is C=S1(=O)NC(=O)c2ccc3c(c2)N(C[C@@H]2CC[C@H]2[C@@H](OC)C2=C[C@@H](C2)[C@H](C)[C@H]1C)C[C@@]1(CCCc2cc(Cl)ccc21)CO3. The Kier molecular flexibility index (Phi) is 7.38.